The topological polar surface area (TPSA) is 89.7 Å². The first-order chi connectivity index (χ1) is 7.15. The van der Waals surface area contributed by atoms with Gasteiger partial charge in [-0.25, -0.2) is 4.79 Å². The van der Waals surface area contributed by atoms with Crippen LogP contribution in [0.3, 0.4) is 0 Å². The molecule has 0 spiro atoms. The van der Waals surface area contributed by atoms with E-state index in [9.17, 15) is 14.4 Å². The van der Waals surface area contributed by atoms with Crippen LogP contribution < -0.4 is 5.73 Å². The van der Waals surface area contributed by atoms with E-state index in [0.29, 0.717) is 6.42 Å². The van der Waals surface area contributed by atoms with Crippen LogP contribution in [0.2, 0.25) is 0 Å². The van der Waals surface area contributed by atoms with Crippen LogP contribution in [0.5, 0.6) is 0 Å². The fourth-order valence-electron chi connectivity index (χ4n) is 1.24. The number of nitrogens with two attached hydrogens (primary N) is 1. The minimum atomic E-state index is -0.873. The van der Waals surface area contributed by atoms with Gasteiger partial charge in [-0.05, 0) is 13.8 Å². The summed E-state index contributed by atoms with van der Waals surface area (Å²) in [5.41, 5.74) is 4.10. The van der Waals surface area contributed by atoms with Crippen molar-refractivity contribution < 1.29 is 19.1 Å². The van der Waals surface area contributed by atoms with Gasteiger partial charge in [-0.3, -0.25) is 14.5 Å². The predicted octanol–water partition coefficient (Wildman–Crippen LogP) is 0.645. The quantitative estimate of drug-likeness (QED) is 0.767. The molecule has 0 radical (unpaired) electrons. The lowest BCUT2D eigenvalue weighted by atomic mass is 10.0. The first-order valence-electron chi connectivity index (χ1n) is 4.93. The Labute approximate surface area is 94.7 Å². The molecule has 92 valence electrons. The van der Waals surface area contributed by atoms with Gasteiger partial charge >= 0.3 is 6.09 Å². The van der Waals surface area contributed by atoms with Crippen LogP contribution in [0.15, 0.2) is 0 Å². The minimum absolute atomic E-state index is 0.199. The van der Waals surface area contributed by atoms with Gasteiger partial charge in [0, 0.05) is 26.8 Å². The Morgan fingerprint density at radius 2 is 1.62 bits per heavy atom. The highest BCUT2D eigenvalue weighted by Gasteiger charge is 2.24. The average Bonchev–Trinajstić information content (AvgIpc) is 1.99. The number of rotatable bonds is 4. The molecular formula is C10H18N2O4. The van der Waals surface area contributed by atoms with Crippen molar-refractivity contribution in [3.63, 3.8) is 0 Å². The second-order valence-electron chi connectivity index (χ2n) is 4.12. The summed E-state index contributed by atoms with van der Waals surface area (Å²) in [6.07, 6.45) is -0.531. The molecule has 0 aromatic heterocycles. The van der Waals surface area contributed by atoms with Crippen molar-refractivity contribution in [3.8, 4) is 0 Å². The van der Waals surface area contributed by atoms with E-state index in [1.54, 1.807) is 13.8 Å². The molecule has 0 saturated carbocycles. The maximum absolute atomic E-state index is 11.1. The van der Waals surface area contributed by atoms with Gasteiger partial charge in [0.2, 0.25) is 11.8 Å². The largest absolute Gasteiger partial charge is 0.444 e. The zero-order valence-corrected chi connectivity index (χ0v) is 10.1. The zero-order chi connectivity index (χ0) is 12.9. The molecule has 3 amide bonds. The molecule has 0 aromatic rings. The molecule has 0 unspecified atom stereocenters. The Kier molecular flexibility index (Phi) is 4.94. The van der Waals surface area contributed by atoms with Crippen LogP contribution in [0, 0.1) is 0 Å². The van der Waals surface area contributed by atoms with Gasteiger partial charge in [-0.15, -0.1) is 0 Å². The Morgan fingerprint density at radius 3 is 1.94 bits per heavy atom. The first-order valence-corrected chi connectivity index (χ1v) is 4.93. The molecule has 6 nitrogen and oxygen atoms in total. The molecule has 0 fully saturated rings. The van der Waals surface area contributed by atoms with E-state index in [1.807, 2.05) is 0 Å². The third kappa shape index (κ3) is 5.33. The van der Waals surface area contributed by atoms with Crippen molar-refractivity contribution in [2.24, 2.45) is 5.73 Å². The number of hydrogen-bond donors (Lipinski definition) is 1. The smallest absolute Gasteiger partial charge is 0.405 e. The summed E-state index contributed by atoms with van der Waals surface area (Å²) in [5, 5.41) is 0. The lowest BCUT2D eigenvalue weighted by Gasteiger charge is -2.26. The molecule has 0 atom stereocenters. The van der Waals surface area contributed by atoms with Crippen molar-refractivity contribution in [1.82, 2.24) is 4.90 Å². The van der Waals surface area contributed by atoms with Crippen molar-refractivity contribution >= 4 is 17.9 Å². The maximum Gasteiger partial charge on any atom is 0.405 e. The third-order valence-electron chi connectivity index (χ3n) is 2.07. The number of primary amides is 1. The summed E-state index contributed by atoms with van der Waals surface area (Å²) >= 11 is 0. The Morgan fingerprint density at radius 1 is 1.19 bits per heavy atom. The highest BCUT2D eigenvalue weighted by molar-refractivity contribution is 5.92. The highest BCUT2D eigenvalue weighted by Crippen LogP contribution is 2.15. The molecule has 0 aliphatic rings. The number of imide groups is 1. The molecule has 0 aromatic carbocycles. The van der Waals surface area contributed by atoms with Gasteiger partial charge in [0.15, 0.2) is 0 Å². The average molecular weight is 230 g/mol. The van der Waals surface area contributed by atoms with Crippen LogP contribution >= 0.6 is 0 Å². The second kappa shape index (κ2) is 5.48. The van der Waals surface area contributed by atoms with Crippen LogP contribution in [0.1, 0.15) is 34.1 Å². The van der Waals surface area contributed by atoms with Gasteiger partial charge < -0.3 is 10.5 Å². The molecule has 0 saturated heterocycles. The molecular weight excluding hydrogens is 212 g/mol. The van der Waals surface area contributed by atoms with E-state index in [0.717, 1.165) is 4.90 Å². The third-order valence-corrected chi connectivity index (χ3v) is 2.07. The Balaban J connectivity index is 4.35. The Bertz CT molecular complexity index is 285. The molecule has 0 bridgehead atoms. The molecule has 2 N–H and O–H groups in total. The van der Waals surface area contributed by atoms with E-state index < -0.39 is 11.7 Å². The number of carbonyl (C=O) groups is 3. The zero-order valence-electron chi connectivity index (χ0n) is 10.1. The lowest BCUT2D eigenvalue weighted by Crippen LogP contribution is -2.39. The minimum Gasteiger partial charge on any atom is -0.444 e. The van der Waals surface area contributed by atoms with Crippen molar-refractivity contribution in [3.05, 3.63) is 0 Å². The van der Waals surface area contributed by atoms with E-state index in [4.69, 9.17) is 10.5 Å². The van der Waals surface area contributed by atoms with E-state index in [1.165, 1.54) is 13.8 Å². The van der Waals surface area contributed by atoms with Crippen LogP contribution in [0.4, 0.5) is 4.79 Å². The molecule has 6 heteroatoms. The number of nitrogens with zero attached hydrogens (tertiary/aromatic N) is 1. The fraction of sp³-hybridized carbons (Fsp3) is 0.700. The standard InChI is InChI=1S/C10H18N2O4/c1-7(13)12(8(2)14)6-5-10(3,4)16-9(11)15/h5-6H2,1-4H3,(H2,11,15). The molecule has 0 heterocycles. The number of hydrogen-bond acceptors (Lipinski definition) is 4. The van der Waals surface area contributed by atoms with Gasteiger partial charge in [0.05, 0.1) is 0 Å². The van der Waals surface area contributed by atoms with Crippen LogP contribution in [-0.2, 0) is 14.3 Å². The van der Waals surface area contributed by atoms with Gasteiger partial charge in [0.1, 0.15) is 5.60 Å². The molecule has 0 rings (SSSR count). The molecule has 16 heavy (non-hydrogen) atoms. The summed E-state index contributed by atoms with van der Waals surface area (Å²) in [6, 6.07) is 0. The summed E-state index contributed by atoms with van der Waals surface area (Å²) in [4.78, 5) is 33.9. The van der Waals surface area contributed by atoms with Gasteiger partial charge in [-0.1, -0.05) is 0 Å². The van der Waals surface area contributed by atoms with Gasteiger partial charge in [-0.2, -0.15) is 0 Å². The maximum atomic E-state index is 11.1. The van der Waals surface area contributed by atoms with Crippen LogP contribution in [-0.4, -0.2) is 35.0 Å². The number of amides is 3. The SMILES string of the molecule is CC(=O)N(CCC(C)(C)OC(N)=O)C(C)=O. The fourth-order valence-corrected chi connectivity index (χ4v) is 1.24. The van der Waals surface area contributed by atoms with E-state index in [2.05, 4.69) is 0 Å². The molecule has 0 aliphatic carbocycles. The summed E-state index contributed by atoms with van der Waals surface area (Å²) in [6.45, 7) is 6.14. The van der Waals surface area contributed by atoms with Crippen molar-refractivity contribution in [2.45, 2.75) is 39.7 Å². The Hall–Kier alpha value is -1.59. The monoisotopic (exact) mass is 230 g/mol. The predicted molar refractivity (Wildman–Crippen MR) is 57.4 cm³/mol. The summed E-state index contributed by atoms with van der Waals surface area (Å²) in [7, 11) is 0. The van der Waals surface area contributed by atoms with Crippen molar-refractivity contribution in [2.75, 3.05) is 6.54 Å². The van der Waals surface area contributed by atoms with Gasteiger partial charge in [0.25, 0.3) is 0 Å². The number of carbonyl (C=O) groups excluding carboxylic acids is 3. The number of ether oxygens (including phenoxy) is 1. The normalized spacial score (nSPS) is 10.8. The first kappa shape index (κ1) is 14.4. The molecule has 0 aliphatic heterocycles. The second-order valence-corrected chi connectivity index (χ2v) is 4.12. The van der Waals surface area contributed by atoms with E-state index >= 15 is 0 Å². The summed E-state index contributed by atoms with van der Waals surface area (Å²) < 4.78 is 4.84. The van der Waals surface area contributed by atoms with Crippen molar-refractivity contribution in [1.29, 1.82) is 0 Å². The van der Waals surface area contributed by atoms with Crippen LogP contribution in [0.25, 0.3) is 0 Å². The van der Waals surface area contributed by atoms with E-state index in [-0.39, 0.29) is 18.4 Å². The summed E-state index contributed by atoms with van der Waals surface area (Å²) in [5.74, 6) is -0.662. The lowest BCUT2D eigenvalue weighted by molar-refractivity contribution is -0.142. The highest BCUT2D eigenvalue weighted by atomic mass is 16.6.